The maximum Gasteiger partial charge on any atom is 0.254 e. The zero-order valence-electron chi connectivity index (χ0n) is 16.1. The second-order valence-corrected chi connectivity index (χ2v) is 8.12. The summed E-state index contributed by atoms with van der Waals surface area (Å²) in [6.45, 7) is 5.28. The van der Waals surface area contributed by atoms with E-state index in [1.807, 2.05) is 52.3 Å². The van der Waals surface area contributed by atoms with Gasteiger partial charge in [-0.3, -0.25) is 9.59 Å². The molecule has 0 saturated carbocycles. The molecule has 0 bridgehead atoms. The lowest BCUT2D eigenvalue weighted by Gasteiger charge is -2.37. The smallest absolute Gasteiger partial charge is 0.254 e. The number of rotatable bonds is 2. The van der Waals surface area contributed by atoms with Crippen molar-refractivity contribution in [1.29, 1.82) is 0 Å². The van der Waals surface area contributed by atoms with Gasteiger partial charge >= 0.3 is 0 Å². The Hall–Kier alpha value is -2.36. The largest absolute Gasteiger partial charge is 0.342 e. The SMILES string of the molecule is CC1CCN(C(=O)C2CCCN(C(=O)c3cccc4ccccc34)C2)CC1. The van der Waals surface area contributed by atoms with Gasteiger partial charge in [0.05, 0.1) is 5.92 Å². The molecule has 2 fully saturated rings. The molecule has 4 nitrogen and oxygen atoms in total. The predicted molar refractivity (Wildman–Crippen MR) is 108 cm³/mol. The van der Waals surface area contributed by atoms with Gasteiger partial charge in [-0.1, -0.05) is 43.3 Å². The van der Waals surface area contributed by atoms with Gasteiger partial charge in [0.1, 0.15) is 0 Å². The van der Waals surface area contributed by atoms with Crippen molar-refractivity contribution in [2.24, 2.45) is 11.8 Å². The molecule has 2 aliphatic rings. The maximum absolute atomic E-state index is 13.2. The van der Waals surface area contributed by atoms with Crippen LogP contribution in [0.2, 0.25) is 0 Å². The van der Waals surface area contributed by atoms with Crippen LogP contribution in [0.4, 0.5) is 0 Å². The fourth-order valence-electron chi connectivity index (χ4n) is 4.43. The highest BCUT2D eigenvalue weighted by Gasteiger charge is 2.33. The number of fused-ring (bicyclic) bond motifs is 1. The minimum absolute atomic E-state index is 0.0499. The number of amides is 2. The molecule has 2 saturated heterocycles. The Morgan fingerprint density at radius 3 is 2.44 bits per heavy atom. The lowest BCUT2D eigenvalue weighted by Crippen LogP contribution is -2.48. The molecular formula is C23H28N2O2. The first-order valence-corrected chi connectivity index (χ1v) is 10.2. The van der Waals surface area contributed by atoms with Crippen molar-refractivity contribution in [1.82, 2.24) is 9.80 Å². The monoisotopic (exact) mass is 364 g/mol. The zero-order valence-corrected chi connectivity index (χ0v) is 16.1. The minimum Gasteiger partial charge on any atom is -0.342 e. The Labute approximate surface area is 161 Å². The second-order valence-electron chi connectivity index (χ2n) is 8.12. The molecule has 1 unspecified atom stereocenters. The molecule has 4 rings (SSSR count). The number of hydrogen-bond acceptors (Lipinski definition) is 2. The van der Waals surface area contributed by atoms with Crippen LogP contribution in [-0.4, -0.2) is 47.8 Å². The van der Waals surface area contributed by atoms with Gasteiger partial charge in [0.25, 0.3) is 5.91 Å². The molecule has 2 heterocycles. The molecule has 0 radical (unpaired) electrons. The van der Waals surface area contributed by atoms with Crippen molar-refractivity contribution in [3.8, 4) is 0 Å². The lowest BCUT2D eigenvalue weighted by atomic mass is 9.93. The molecule has 142 valence electrons. The highest BCUT2D eigenvalue weighted by Crippen LogP contribution is 2.26. The van der Waals surface area contributed by atoms with E-state index >= 15 is 0 Å². The summed E-state index contributed by atoms with van der Waals surface area (Å²) in [6.07, 6.45) is 3.98. The average Bonchev–Trinajstić information content (AvgIpc) is 2.73. The van der Waals surface area contributed by atoms with E-state index < -0.39 is 0 Å². The normalized spacial score (nSPS) is 21.4. The Morgan fingerprint density at radius 2 is 1.63 bits per heavy atom. The fraction of sp³-hybridized carbons (Fsp3) is 0.478. The van der Waals surface area contributed by atoms with Gasteiger partial charge in [-0.15, -0.1) is 0 Å². The topological polar surface area (TPSA) is 40.6 Å². The molecule has 2 amide bonds. The number of likely N-dealkylation sites (tertiary alicyclic amines) is 2. The predicted octanol–water partition coefficient (Wildman–Crippen LogP) is 3.95. The van der Waals surface area contributed by atoms with Crippen LogP contribution in [0.25, 0.3) is 10.8 Å². The number of carbonyl (C=O) groups is 2. The van der Waals surface area contributed by atoms with Crippen molar-refractivity contribution in [2.45, 2.75) is 32.6 Å². The highest BCUT2D eigenvalue weighted by atomic mass is 16.2. The summed E-state index contributed by atoms with van der Waals surface area (Å²) in [5, 5.41) is 2.07. The van der Waals surface area contributed by atoms with Crippen LogP contribution in [0.5, 0.6) is 0 Å². The van der Waals surface area contributed by atoms with Gasteiger partial charge < -0.3 is 9.80 Å². The maximum atomic E-state index is 13.2. The summed E-state index contributed by atoms with van der Waals surface area (Å²) >= 11 is 0. The number of benzene rings is 2. The Balaban J connectivity index is 1.49. The van der Waals surface area contributed by atoms with Gasteiger partial charge in [-0.2, -0.15) is 0 Å². The summed E-state index contributed by atoms with van der Waals surface area (Å²) in [7, 11) is 0. The van der Waals surface area contributed by atoms with E-state index in [2.05, 4.69) is 6.92 Å². The molecule has 0 aliphatic carbocycles. The van der Waals surface area contributed by atoms with E-state index in [1.165, 1.54) is 0 Å². The Kier molecular flexibility index (Phi) is 5.15. The summed E-state index contributed by atoms with van der Waals surface area (Å²) in [5.74, 6) is 0.963. The van der Waals surface area contributed by atoms with Crippen LogP contribution < -0.4 is 0 Å². The molecule has 1 atom stereocenters. The molecule has 0 N–H and O–H groups in total. The molecular weight excluding hydrogens is 336 g/mol. The van der Waals surface area contributed by atoms with Crippen LogP contribution in [0.3, 0.4) is 0 Å². The van der Waals surface area contributed by atoms with Crippen molar-refractivity contribution in [2.75, 3.05) is 26.2 Å². The summed E-state index contributed by atoms with van der Waals surface area (Å²) < 4.78 is 0. The number of nitrogens with zero attached hydrogens (tertiary/aromatic N) is 2. The van der Waals surface area contributed by atoms with Crippen molar-refractivity contribution >= 4 is 22.6 Å². The van der Waals surface area contributed by atoms with Gasteiger partial charge in [-0.25, -0.2) is 0 Å². The minimum atomic E-state index is -0.0499. The van der Waals surface area contributed by atoms with Crippen LogP contribution in [0, 0.1) is 11.8 Å². The third-order valence-electron chi connectivity index (χ3n) is 6.17. The number of carbonyl (C=O) groups excluding carboxylic acids is 2. The first kappa shape index (κ1) is 18.0. The molecule has 2 aromatic carbocycles. The van der Waals surface area contributed by atoms with Crippen molar-refractivity contribution < 1.29 is 9.59 Å². The van der Waals surface area contributed by atoms with E-state index in [0.29, 0.717) is 12.5 Å². The fourth-order valence-corrected chi connectivity index (χ4v) is 4.43. The third kappa shape index (κ3) is 3.71. The number of hydrogen-bond donors (Lipinski definition) is 0. The van der Waals surface area contributed by atoms with Crippen LogP contribution in [0.1, 0.15) is 43.0 Å². The standard InChI is InChI=1S/C23H28N2O2/c1-17-11-14-24(15-12-17)22(26)19-8-5-13-25(16-19)23(27)21-10-4-7-18-6-2-3-9-20(18)21/h2-4,6-7,9-10,17,19H,5,8,11-16H2,1H3. The zero-order chi connectivity index (χ0) is 18.8. The van der Waals surface area contributed by atoms with Gasteiger partial charge in [0.15, 0.2) is 0 Å². The van der Waals surface area contributed by atoms with Crippen LogP contribution in [-0.2, 0) is 4.79 Å². The van der Waals surface area contributed by atoms with Gasteiger partial charge in [0, 0.05) is 31.7 Å². The second kappa shape index (κ2) is 7.71. The average molecular weight is 364 g/mol. The molecule has 0 spiro atoms. The van der Waals surface area contributed by atoms with Gasteiger partial charge in [-0.05, 0) is 48.4 Å². The first-order valence-electron chi connectivity index (χ1n) is 10.2. The van der Waals surface area contributed by atoms with E-state index in [9.17, 15) is 9.59 Å². The van der Waals surface area contributed by atoms with E-state index in [1.54, 1.807) is 0 Å². The first-order chi connectivity index (χ1) is 13.1. The summed E-state index contributed by atoms with van der Waals surface area (Å²) in [4.78, 5) is 30.1. The van der Waals surface area contributed by atoms with E-state index in [4.69, 9.17) is 0 Å². The van der Waals surface area contributed by atoms with Crippen molar-refractivity contribution in [3.05, 3.63) is 48.0 Å². The Bertz CT molecular complexity index is 834. The molecule has 4 heteroatoms. The third-order valence-corrected chi connectivity index (χ3v) is 6.17. The van der Waals surface area contributed by atoms with E-state index in [0.717, 1.165) is 61.7 Å². The van der Waals surface area contributed by atoms with Crippen LogP contribution in [0.15, 0.2) is 42.5 Å². The molecule has 2 aromatic rings. The number of piperidine rings is 2. The van der Waals surface area contributed by atoms with Gasteiger partial charge in [0.2, 0.25) is 5.91 Å². The quantitative estimate of drug-likeness (QED) is 0.809. The van der Waals surface area contributed by atoms with Crippen LogP contribution >= 0.6 is 0 Å². The molecule has 27 heavy (non-hydrogen) atoms. The highest BCUT2D eigenvalue weighted by molar-refractivity contribution is 6.07. The lowest BCUT2D eigenvalue weighted by molar-refractivity contribution is -0.138. The summed E-state index contributed by atoms with van der Waals surface area (Å²) in [6, 6.07) is 13.9. The molecule has 0 aromatic heterocycles. The van der Waals surface area contributed by atoms with E-state index in [-0.39, 0.29) is 17.7 Å². The molecule has 2 aliphatic heterocycles. The Morgan fingerprint density at radius 1 is 0.889 bits per heavy atom. The summed E-state index contributed by atoms with van der Waals surface area (Å²) in [5.41, 5.74) is 0.744. The van der Waals surface area contributed by atoms with Crippen molar-refractivity contribution in [3.63, 3.8) is 0 Å².